The van der Waals surface area contributed by atoms with Crippen molar-refractivity contribution in [3.05, 3.63) is 83.7 Å². The molecule has 0 spiro atoms. The second-order valence-electron chi connectivity index (χ2n) is 16.4. The molecule has 4 aromatic rings. The number of methoxy groups -OCH3 is 1. The van der Waals surface area contributed by atoms with Crippen LogP contribution in [0.5, 0.6) is 0 Å². The van der Waals surface area contributed by atoms with Gasteiger partial charge in [0.05, 0.1) is 43.0 Å². The van der Waals surface area contributed by atoms with E-state index in [-0.39, 0.29) is 47.8 Å². The number of alkyl carbamates (subject to hydrolysis) is 1. The summed E-state index contributed by atoms with van der Waals surface area (Å²) in [5.41, 5.74) is 5.11. The van der Waals surface area contributed by atoms with Crippen molar-refractivity contribution in [2.45, 2.75) is 89.6 Å². The van der Waals surface area contributed by atoms with Crippen molar-refractivity contribution >= 4 is 24.0 Å². The number of nitrogens with one attached hydrogen (secondary N) is 4. The van der Waals surface area contributed by atoms with E-state index >= 15 is 0 Å². The Hall–Kier alpha value is -6.10. The molecule has 4 fully saturated rings. The minimum atomic E-state index is -1.21. The van der Waals surface area contributed by atoms with E-state index in [1.54, 1.807) is 12.4 Å². The quantitative estimate of drug-likeness (QED) is 0.124. The molecule has 296 valence electrons. The Morgan fingerprint density at radius 3 is 1.61 bits per heavy atom. The van der Waals surface area contributed by atoms with Gasteiger partial charge in [0, 0.05) is 34.3 Å². The molecule has 2 aromatic heterocycles. The smallest absolute Gasteiger partial charge is 0.407 e. The number of likely N-dealkylation sites (tertiary alicyclic amines) is 2. The predicted molar refractivity (Wildman–Crippen MR) is 210 cm³/mol. The number of imidazole rings is 2. The number of nitrogens with zero attached hydrogens (tertiary/aromatic N) is 4. The Kier molecular flexibility index (Phi) is 10.0. The van der Waals surface area contributed by atoms with Gasteiger partial charge in [-0.15, -0.1) is 0 Å². The van der Waals surface area contributed by atoms with E-state index in [1.807, 2.05) is 86.0 Å². The highest BCUT2D eigenvalue weighted by Gasteiger charge is 2.57. The summed E-state index contributed by atoms with van der Waals surface area (Å²) in [7, 11) is 1.29. The molecule has 4 amide bonds. The maximum absolute atomic E-state index is 13.8. The molecule has 14 nitrogen and oxygen atoms in total. The molecule has 57 heavy (non-hydrogen) atoms. The molecule has 4 aliphatic rings. The average Bonchev–Trinajstić information content (AvgIpc) is 3.78. The van der Waals surface area contributed by atoms with Crippen molar-refractivity contribution in [3.8, 4) is 34.4 Å². The lowest BCUT2D eigenvalue weighted by molar-refractivity contribution is -0.137. The highest BCUT2D eigenvalue weighted by atomic mass is 16.5. The van der Waals surface area contributed by atoms with Crippen LogP contribution in [0, 0.1) is 35.5 Å². The molecule has 2 saturated carbocycles. The number of ether oxygens (including phenoxy) is 1. The van der Waals surface area contributed by atoms with Crippen LogP contribution in [-0.2, 0) is 14.3 Å². The van der Waals surface area contributed by atoms with Crippen molar-refractivity contribution in [2.75, 3.05) is 7.11 Å². The van der Waals surface area contributed by atoms with Crippen molar-refractivity contribution in [1.82, 2.24) is 40.4 Å². The van der Waals surface area contributed by atoms with Gasteiger partial charge in [0.2, 0.25) is 11.8 Å². The highest BCUT2D eigenvalue weighted by molar-refractivity contribution is 5.88. The molecule has 0 bridgehead atoms. The van der Waals surface area contributed by atoms with E-state index in [2.05, 4.69) is 32.4 Å². The Bertz CT molecular complexity index is 2270. The van der Waals surface area contributed by atoms with Crippen molar-refractivity contribution in [1.29, 1.82) is 0 Å². The topological polar surface area (TPSA) is 186 Å². The number of rotatable bonds is 10. The normalized spacial score (nSPS) is 23.9. The summed E-state index contributed by atoms with van der Waals surface area (Å²) in [6.45, 7) is 7.51. The number of amides is 4. The zero-order valence-electron chi connectivity index (χ0n) is 32.7. The number of carbonyl (C=O) groups is 4. The molecule has 2 aliphatic carbocycles. The summed E-state index contributed by atoms with van der Waals surface area (Å²) in [5.74, 6) is 8.22. The lowest BCUT2D eigenvalue weighted by Gasteiger charge is -2.31. The van der Waals surface area contributed by atoms with Gasteiger partial charge in [-0.05, 0) is 73.6 Å². The standard InChI is InChI=1S/C43H48N8O6/c1-22(2)36(48-42(54)55)40(52)50-32-16-28(32)18-34(50)38-44-20-30(46-38)26-10-6-8-24(14-26)12-13-25-9-7-11-27(15-25)31-21-45-39(47-31)35-19-29-17-33(29)51(35)41(53)37(23(3)4)49-43(56)57-5/h6-11,14-15,20-23,28-29,32-37,48H,16-19H2,1-5H3,(H,44,46)(H,45,47)(H,49,56)(H,54,55)/t28-,29+,32-,33-,34+,35+,36+,37+/m1/s1. The van der Waals surface area contributed by atoms with Gasteiger partial charge in [0.25, 0.3) is 0 Å². The molecular formula is C43H48N8O6. The van der Waals surface area contributed by atoms with E-state index in [4.69, 9.17) is 14.7 Å². The number of aromatic amines is 2. The SMILES string of the molecule is COC(=O)N[C@H](C(=O)N1[C@@H]2C[C@H]2C[C@H]1c1ncc(-c2cccc(C#Cc3cccc(-c4cnc([C@@H]5C[C@H]6C[C@H]6N5C(=O)[C@@H](NC(=O)O)C(C)C)[nH]4)c3)c2)[nH]1)C(C)C. The molecule has 14 heteroatoms. The van der Waals surface area contributed by atoms with Gasteiger partial charge < -0.3 is 40.2 Å². The third-order valence-electron chi connectivity index (χ3n) is 11.8. The second-order valence-corrected chi connectivity index (χ2v) is 16.4. The number of carboxylic acid groups (broad SMARTS) is 1. The number of aromatic nitrogens is 4. The minimum Gasteiger partial charge on any atom is -0.465 e. The van der Waals surface area contributed by atoms with Gasteiger partial charge in [-0.25, -0.2) is 19.6 Å². The maximum atomic E-state index is 13.8. The van der Waals surface area contributed by atoms with Crippen molar-refractivity contribution in [2.24, 2.45) is 23.7 Å². The highest BCUT2D eigenvalue weighted by Crippen LogP contribution is 2.54. The molecule has 0 unspecified atom stereocenters. The van der Waals surface area contributed by atoms with Crippen LogP contribution in [0.25, 0.3) is 22.5 Å². The number of piperidine rings is 2. The van der Waals surface area contributed by atoms with Crippen LogP contribution in [0.4, 0.5) is 9.59 Å². The predicted octanol–water partition coefficient (Wildman–Crippen LogP) is 5.86. The van der Waals surface area contributed by atoms with Gasteiger partial charge in [0.1, 0.15) is 23.7 Å². The number of fused-ring (bicyclic) bond motifs is 2. The second kappa shape index (κ2) is 15.1. The van der Waals surface area contributed by atoms with Gasteiger partial charge in [-0.3, -0.25) is 9.59 Å². The number of hydrogen-bond acceptors (Lipinski definition) is 7. The first kappa shape index (κ1) is 37.8. The maximum Gasteiger partial charge on any atom is 0.407 e. The van der Waals surface area contributed by atoms with Crippen LogP contribution in [0.15, 0.2) is 60.9 Å². The first-order valence-electron chi connectivity index (χ1n) is 19.7. The lowest BCUT2D eigenvalue weighted by atomic mass is 10.0. The summed E-state index contributed by atoms with van der Waals surface area (Å²) < 4.78 is 4.79. The van der Waals surface area contributed by atoms with Crippen LogP contribution in [0.1, 0.15) is 88.2 Å². The molecule has 2 aromatic carbocycles. The fourth-order valence-corrected chi connectivity index (χ4v) is 8.68. The van der Waals surface area contributed by atoms with Crippen molar-refractivity contribution < 1.29 is 29.0 Å². The summed E-state index contributed by atoms with van der Waals surface area (Å²) in [6, 6.07) is 14.1. The summed E-state index contributed by atoms with van der Waals surface area (Å²) >= 11 is 0. The Labute approximate surface area is 331 Å². The largest absolute Gasteiger partial charge is 0.465 e. The number of H-pyrrole nitrogens is 2. The molecular weight excluding hydrogens is 725 g/mol. The van der Waals surface area contributed by atoms with Gasteiger partial charge in [-0.1, -0.05) is 63.8 Å². The van der Waals surface area contributed by atoms with Gasteiger partial charge in [0.15, 0.2) is 0 Å². The van der Waals surface area contributed by atoms with E-state index in [0.29, 0.717) is 17.7 Å². The van der Waals surface area contributed by atoms with Crippen LogP contribution in [0.2, 0.25) is 0 Å². The lowest BCUT2D eigenvalue weighted by Crippen LogP contribution is -2.52. The number of carbonyl (C=O) groups excluding carboxylic acids is 3. The summed E-state index contributed by atoms with van der Waals surface area (Å²) in [5, 5.41) is 14.5. The molecule has 2 aliphatic heterocycles. The molecule has 2 saturated heterocycles. The Balaban J connectivity index is 0.961. The molecule has 8 atom stereocenters. The van der Waals surface area contributed by atoms with Crippen LogP contribution in [0.3, 0.4) is 0 Å². The summed E-state index contributed by atoms with van der Waals surface area (Å²) in [4.78, 5) is 71.1. The van der Waals surface area contributed by atoms with Crippen LogP contribution >= 0.6 is 0 Å². The third kappa shape index (κ3) is 7.58. The van der Waals surface area contributed by atoms with Crippen LogP contribution in [-0.4, -0.2) is 90.1 Å². The van der Waals surface area contributed by atoms with Crippen molar-refractivity contribution in [3.63, 3.8) is 0 Å². The van der Waals surface area contributed by atoms with E-state index in [1.165, 1.54) is 7.11 Å². The third-order valence-corrected chi connectivity index (χ3v) is 11.8. The monoisotopic (exact) mass is 772 g/mol. The number of hydrogen-bond donors (Lipinski definition) is 5. The molecule has 4 heterocycles. The van der Waals surface area contributed by atoms with E-state index in [0.717, 1.165) is 65.1 Å². The van der Waals surface area contributed by atoms with E-state index < -0.39 is 24.3 Å². The fourth-order valence-electron chi connectivity index (χ4n) is 8.68. The average molecular weight is 773 g/mol. The fraction of sp³-hybridized carbons (Fsp3) is 0.442. The zero-order valence-corrected chi connectivity index (χ0v) is 32.7. The number of benzene rings is 2. The minimum absolute atomic E-state index is 0.111. The van der Waals surface area contributed by atoms with Gasteiger partial charge >= 0.3 is 12.2 Å². The molecule has 8 rings (SSSR count). The molecule has 5 N–H and O–H groups in total. The first-order valence-corrected chi connectivity index (χ1v) is 19.7. The Morgan fingerprint density at radius 1 is 0.737 bits per heavy atom. The van der Waals surface area contributed by atoms with Crippen LogP contribution < -0.4 is 10.6 Å². The Morgan fingerprint density at radius 2 is 1.19 bits per heavy atom. The van der Waals surface area contributed by atoms with Gasteiger partial charge in [-0.2, -0.15) is 0 Å². The summed E-state index contributed by atoms with van der Waals surface area (Å²) in [6.07, 6.45) is 5.24. The van der Waals surface area contributed by atoms with E-state index in [9.17, 15) is 24.3 Å². The zero-order chi connectivity index (χ0) is 40.1. The molecule has 0 radical (unpaired) electrons. The first-order chi connectivity index (χ1) is 27.4.